The van der Waals surface area contributed by atoms with E-state index in [-0.39, 0.29) is 16.8 Å². The van der Waals surface area contributed by atoms with Gasteiger partial charge in [0.05, 0.1) is 12.0 Å². The lowest BCUT2D eigenvalue weighted by molar-refractivity contribution is -0.151. The first-order valence-electron chi connectivity index (χ1n) is 7.73. The van der Waals surface area contributed by atoms with Crippen molar-refractivity contribution in [3.8, 4) is 11.1 Å². The number of benzene rings is 1. The summed E-state index contributed by atoms with van der Waals surface area (Å²) >= 11 is 6.78. The second kappa shape index (κ2) is 7.32. The van der Waals surface area contributed by atoms with E-state index in [2.05, 4.69) is 9.72 Å². The van der Waals surface area contributed by atoms with Crippen molar-refractivity contribution in [1.29, 1.82) is 0 Å². The predicted octanol–water partition coefficient (Wildman–Crippen LogP) is 4.36. The predicted molar refractivity (Wildman–Crippen MR) is 96.0 cm³/mol. The number of esters is 1. The third kappa shape index (κ3) is 3.84. The van der Waals surface area contributed by atoms with E-state index in [1.807, 2.05) is 0 Å². The third-order valence-corrected chi connectivity index (χ3v) is 4.82. The van der Waals surface area contributed by atoms with Crippen molar-refractivity contribution < 1.29 is 22.7 Å². The zero-order valence-electron chi connectivity index (χ0n) is 13.8. The van der Waals surface area contributed by atoms with Gasteiger partial charge in [0, 0.05) is 16.0 Å². The molecule has 0 saturated carbocycles. The van der Waals surface area contributed by atoms with Crippen LogP contribution >= 0.6 is 22.9 Å². The van der Waals surface area contributed by atoms with Crippen molar-refractivity contribution in [2.24, 2.45) is 0 Å². The monoisotopic (exact) mass is 416 g/mol. The highest BCUT2D eigenvalue weighted by Gasteiger charge is 2.38. The molecule has 1 aromatic carbocycles. The molecule has 3 aromatic rings. The average molecular weight is 417 g/mol. The van der Waals surface area contributed by atoms with Gasteiger partial charge in [0.15, 0.2) is 0 Å². The van der Waals surface area contributed by atoms with Gasteiger partial charge in [-0.3, -0.25) is 14.2 Å². The van der Waals surface area contributed by atoms with Gasteiger partial charge in [-0.2, -0.15) is 13.2 Å². The van der Waals surface area contributed by atoms with Gasteiger partial charge in [0.1, 0.15) is 11.4 Å². The van der Waals surface area contributed by atoms with Crippen molar-refractivity contribution in [3.63, 3.8) is 0 Å². The number of thiophene rings is 1. The Morgan fingerprint density at radius 3 is 2.56 bits per heavy atom. The number of aromatic nitrogens is 2. The summed E-state index contributed by atoms with van der Waals surface area (Å²) in [5.41, 5.74) is 0.0778. The molecule has 0 unspecified atom stereocenters. The number of carbonyl (C=O) groups is 1. The third-order valence-electron chi connectivity index (χ3n) is 3.70. The standard InChI is InChI=1S/C17H12ClF3N2O3S/c1-2-26-12(24)7-23-15(25)13-11(9-3-5-10(18)6-4-9)8-27-14(13)22-16(23)17(19,20)21/h3-6,8H,2,7H2,1H3. The van der Waals surface area contributed by atoms with Gasteiger partial charge in [-0.05, 0) is 24.6 Å². The molecule has 0 amide bonds. The molecular weight excluding hydrogens is 405 g/mol. The van der Waals surface area contributed by atoms with Crippen molar-refractivity contribution in [2.75, 3.05) is 6.61 Å². The molecule has 0 aliphatic rings. The van der Waals surface area contributed by atoms with Gasteiger partial charge in [0.25, 0.3) is 5.56 Å². The largest absolute Gasteiger partial charge is 0.465 e. The fourth-order valence-corrected chi connectivity index (χ4v) is 3.63. The van der Waals surface area contributed by atoms with E-state index in [1.54, 1.807) is 29.6 Å². The van der Waals surface area contributed by atoms with Crippen LogP contribution in [0.25, 0.3) is 21.3 Å². The molecule has 3 rings (SSSR count). The molecule has 27 heavy (non-hydrogen) atoms. The number of alkyl halides is 3. The Hall–Kier alpha value is -2.39. The lowest BCUT2D eigenvalue weighted by Crippen LogP contribution is -2.33. The summed E-state index contributed by atoms with van der Waals surface area (Å²) in [4.78, 5) is 28.1. The normalized spacial score (nSPS) is 11.7. The van der Waals surface area contributed by atoms with Crippen LogP contribution in [0.5, 0.6) is 0 Å². The SMILES string of the molecule is CCOC(=O)Cn1c(C(F)(F)F)nc2scc(-c3ccc(Cl)cc3)c2c1=O. The Morgan fingerprint density at radius 1 is 1.30 bits per heavy atom. The Labute approximate surface area is 160 Å². The Morgan fingerprint density at radius 2 is 1.96 bits per heavy atom. The van der Waals surface area contributed by atoms with Gasteiger partial charge in [0.2, 0.25) is 5.82 Å². The van der Waals surface area contributed by atoms with E-state index in [0.29, 0.717) is 20.7 Å². The van der Waals surface area contributed by atoms with Gasteiger partial charge in [-0.1, -0.05) is 23.7 Å². The van der Waals surface area contributed by atoms with Gasteiger partial charge < -0.3 is 4.74 Å². The van der Waals surface area contributed by atoms with E-state index in [1.165, 1.54) is 6.92 Å². The summed E-state index contributed by atoms with van der Waals surface area (Å²) < 4.78 is 45.1. The smallest absolute Gasteiger partial charge is 0.449 e. The maximum absolute atomic E-state index is 13.4. The molecule has 0 radical (unpaired) electrons. The zero-order chi connectivity index (χ0) is 19.8. The van der Waals surface area contributed by atoms with Crippen molar-refractivity contribution in [1.82, 2.24) is 9.55 Å². The highest BCUT2D eigenvalue weighted by Crippen LogP contribution is 2.34. The molecule has 0 aliphatic heterocycles. The maximum Gasteiger partial charge on any atom is 0.449 e. The molecule has 5 nitrogen and oxygen atoms in total. The summed E-state index contributed by atoms with van der Waals surface area (Å²) in [6.45, 7) is 0.629. The number of halogens is 4. The van der Waals surface area contributed by atoms with Crippen LogP contribution < -0.4 is 5.56 Å². The van der Waals surface area contributed by atoms with E-state index in [4.69, 9.17) is 11.6 Å². The number of rotatable bonds is 4. The molecule has 10 heteroatoms. The van der Waals surface area contributed by atoms with Crippen LogP contribution in [0.4, 0.5) is 13.2 Å². The molecule has 0 fully saturated rings. The van der Waals surface area contributed by atoms with Crippen molar-refractivity contribution in [2.45, 2.75) is 19.6 Å². The zero-order valence-corrected chi connectivity index (χ0v) is 15.4. The van der Waals surface area contributed by atoms with Crippen LogP contribution in [0.3, 0.4) is 0 Å². The molecule has 2 aromatic heterocycles. The van der Waals surface area contributed by atoms with Crippen molar-refractivity contribution in [3.05, 3.63) is 50.8 Å². The number of fused-ring (bicyclic) bond motifs is 1. The van der Waals surface area contributed by atoms with Crippen LogP contribution in [0.2, 0.25) is 5.02 Å². The van der Waals surface area contributed by atoms with E-state index >= 15 is 0 Å². The Balaban J connectivity index is 2.25. The molecule has 2 heterocycles. The quantitative estimate of drug-likeness (QED) is 0.593. The van der Waals surface area contributed by atoms with Crippen molar-refractivity contribution >= 4 is 39.1 Å². The molecule has 0 saturated heterocycles. The van der Waals surface area contributed by atoms with Crippen LogP contribution in [-0.4, -0.2) is 22.1 Å². The van der Waals surface area contributed by atoms with Crippen LogP contribution in [0.15, 0.2) is 34.4 Å². The Bertz CT molecular complexity index is 1060. The number of nitrogens with zero attached hydrogens (tertiary/aromatic N) is 2. The minimum atomic E-state index is -4.90. The van der Waals surface area contributed by atoms with E-state index < -0.39 is 30.1 Å². The number of carbonyl (C=O) groups excluding carboxylic acids is 1. The minimum absolute atomic E-state index is 0.0135. The molecule has 0 spiro atoms. The fourth-order valence-electron chi connectivity index (χ4n) is 2.57. The van der Waals surface area contributed by atoms with Gasteiger partial charge in [-0.25, -0.2) is 4.98 Å². The summed E-state index contributed by atoms with van der Waals surface area (Å²) in [6.07, 6.45) is -4.90. The summed E-state index contributed by atoms with van der Waals surface area (Å²) in [5.74, 6) is -2.38. The summed E-state index contributed by atoms with van der Waals surface area (Å²) in [5, 5.41) is 2.05. The molecule has 0 atom stereocenters. The van der Waals surface area contributed by atoms with Gasteiger partial charge in [-0.15, -0.1) is 11.3 Å². The minimum Gasteiger partial charge on any atom is -0.465 e. The molecular formula is C17H12ClF3N2O3S. The average Bonchev–Trinajstić information content (AvgIpc) is 3.01. The van der Waals surface area contributed by atoms with Crippen LogP contribution in [0.1, 0.15) is 12.7 Å². The first-order chi connectivity index (χ1) is 12.7. The van der Waals surface area contributed by atoms with Crippen LogP contribution in [-0.2, 0) is 22.3 Å². The molecule has 0 aliphatic carbocycles. The maximum atomic E-state index is 13.4. The molecule has 142 valence electrons. The second-order valence-corrected chi connectivity index (χ2v) is 6.76. The highest BCUT2D eigenvalue weighted by molar-refractivity contribution is 7.17. The molecule has 0 bridgehead atoms. The number of hydrogen-bond acceptors (Lipinski definition) is 5. The lowest BCUT2D eigenvalue weighted by atomic mass is 10.1. The van der Waals surface area contributed by atoms with E-state index in [9.17, 15) is 22.8 Å². The lowest BCUT2D eigenvalue weighted by Gasteiger charge is -2.14. The van der Waals surface area contributed by atoms with Crippen LogP contribution in [0, 0.1) is 0 Å². The first-order valence-corrected chi connectivity index (χ1v) is 8.99. The first kappa shape index (κ1) is 19.4. The summed E-state index contributed by atoms with van der Waals surface area (Å²) in [6, 6.07) is 6.51. The highest BCUT2D eigenvalue weighted by atomic mass is 35.5. The van der Waals surface area contributed by atoms with Gasteiger partial charge >= 0.3 is 12.1 Å². The topological polar surface area (TPSA) is 61.2 Å². The van der Waals surface area contributed by atoms with E-state index in [0.717, 1.165) is 11.3 Å². The fraction of sp³-hybridized carbons (Fsp3) is 0.235. The number of ether oxygens (including phenoxy) is 1. The second-order valence-electron chi connectivity index (χ2n) is 5.47. The molecule has 0 N–H and O–H groups in total. The summed E-state index contributed by atoms with van der Waals surface area (Å²) in [7, 11) is 0. The number of hydrogen-bond donors (Lipinski definition) is 0. The Kier molecular flexibility index (Phi) is 5.25.